The first-order valence-electron chi connectivity index (χ1n) is 8.71. The number of ether oxygens (including phenoxy) is 1. The molecule has 0 saturated heterocycles. The number of halogens is 3. The van der Waals surface area contributed by atoms with Gasteiger partial charge in [-0.05, 0) is 55.0 Å². The number of hydrazone groups is 1. The smallest absolute Gasteiger partial charge is 0.343 e. The predicted octanol–water partition coefficient (Wildman–Crippen LogP) is 6.05. The molecule has 0 bridgehead atoms. The molecule has 0 saturated carbocycles. The Balaban J connectivity index is 1.76. The average molecular weight is 506 g/mol. The van der Waals surface area contributed by atoms with Crippen LogP contribution in [0.1, 0.15) is 31.8 Å². The van der Waals surface area contributed by atoms with Crippen molar-refractivity contribution in [1.82, 2.24) is 5.43 Å². The normalized spacial score (nSPS) is 10.8. The Morgan fingerprint density at radius 1 is 1.03 bits per heavy atom. The molecule has 0 aliphatic heterocycles. The third-order valence-electron chi connectivity index (χ3n) is 4.09. The Morgan fingerprint density at radius 2 is 1.80 bits per heavy atom. The molecule has 0 atom stereocenters. The molecule has 30 heavy (non-hydrogen) atoms. The largest absolute Gasteiger partial charge is 0.422 e. The number of aryl methyl sites for hydroxylation is 1. The van der Waals surface area contributed by atoms with Gasteiger partial charge in [0.05, 0.1) is 21.8 Å². The lowest BCUT2D eigenvalue weighted by Gasteiger charge is -2.09. The fourth-order valence-corrected chi connectivity index (χ4v) is 3.21. The summed E-state index contributed by atoms with van der Waals surface area (Å²) in [5.41, 5.74) is 4.49. The van der Waals surface area contributed by atoms with Crippen molar-refractivity contribution < 1.29 is 14.3 Å². The van der Waals surface area contributed by atoms with Gasteiger partial charge in [0.1, 0.15) is 5.75 Å². The first-order valence-corrected chi connectivity index (χ1v) is 10.3. The maximum Gasteiger partial charge on any atom is 0.343 e. The van der Waals surface area contributed by atoms with Crippen LogP contribution < -0.4 is 10.2 Å². The van der Waals surface area contributed by atoms with Gasteiger partial charge in [-0.3, -0.25) is 4.79 Å². The monoisotopic (exact) mass is 504 g/mol. The van der Waals surface area contributed by atoms with E-state index < -0.39 is 11.9 Å². The van der Waals surface area contributed by atoms with Crippen LogP contribution in [0.25, 0.3) is 0 Å². The molecule has 1 amide bonds. The van der Waals surface area contributed by atoms with Crippen LogP contribution in [0, 0.1) is 6.92 Å². The van der Waals surface area contributed by atoms with Crippen molar-refractivity contribution in [2.24, 2.45) is 5.10 Å². The summed E-state index contributed by atoms with van der Waals surface area (Å²) in [7, 11) is 0. The van der Waals surface area contributed by atoms with Crippen LogP contribution in [0.3, 0.4) is 0 Å². The molecule has 5 nitrogen and oxygen atoms in total. The maximum atomic E-state index is 12.5. The van der Waals surface area contributed by atoms with Crippen molar-refractivity contribution in [2.75, 3.05) is 0 Å². The van der Waals surface area contributed by atoms with Crippen molar-refractivity contribution in [3.05, 3.63) is 97.4 Å². The molecule has 8 heteroatoms. The van der Waals surface area contributed by atoms with Crippen LogP contribution >= 0.6 is 39.1 Å². The highest BCUT2D eigenvalue weighted by Gasteiger charge is 2.13. The summed E-state index contributed by atoms with van der Waals surface area (Å²) < 4.78 is 6.30. The minimum atomic E-state index is -0.482. The van der Waals surface area contributed by atoms with Crippen LogP contribution in [-0.4, -0.2) is 18.1 Å². The van der Waals surface area contributed by atoms with E-state index >= 15 is 0 Å². The van der Waals surface area contributed by atoms with E-state index in [0.717, 1.165) is 10.0 Å². The summed E-state index contributed by atoms with van der Waals surface area (Å²) in [4.78, 5) is 24.8. The Morgan fingerprint density at radius 3 is 2.53 bits per heavy atom. The Labute approximate surface area is 191 Å². The summed E-state index contributed by atoms with van der Waals surface area (Å²) >= 11 is 15.2. The number of hydrogen-bond acceptors (Lipinski definition) is 4. The number of carbonyl (C=O) groups is 2. The van der Waals surface area contributed by atoms with E-state index in [1.165, 1.54) is 24.4 Å². The number of esters is 1. The fraction of sp³-hybridized carbons (Fsp3) is 0.0455. The zero-order valence-electron chi connectivity index (χ0n) is 15.7. The number of nitrogens with one attached hydrogen (secondary N) is 1. The van der Waals surface area contributed by atoms with Crippen molar-refractivity contribution in [3.63, 3.8) is 0 Å². The minimum Gasteiger partial charge on any atom is -0.422 e. The lowest BCUT2D eigenvalue weighted by molar-refractivity contribution is 0.0733. The van der Waals surface area contributed by atoms with Gasteiger partial charge in [-0.2, -0.15) is 5.10 Å². The zero-order chi connectivity index (χ0) is 21.7. The molecule has 3 aromatic carbocycles. The molecule has 3 rings (SSSR count). The average Bonchev–Trinajstić information content (AvgIpc) is 2.72. The number of rotatable bonds is 5. The molecular weight excluding hydrogens is 491 g/mol. The van der Waals surface area contributed by atoms with Gasteiger partial charge in [0, 0.05) is 15.6 Å². The van der Waals surface area contributed by atoms with Crippen LogP contribution in [0.5, 0.6) is 5.75 Å². The van der Waals surface area contributed by atoms with Gasteiger partial charge in [0.25, 0.3) is 5.91 Å². The van der Waals surface area contributed by atoms with Gasteiger partial charge in [-0.1, -0.05) is 57.3 Å². The summed E-state index contributed by atoms with van der Waals surface area (Å²) in [6.07, 6.45) is 1.39. The Bertz CT molecular complexity index is 1150. The Kier molecular flexibility index (Phi) is 7.26. The summed E-state index contributed by atoms with van der Waals surface area (Å²) in [5, 5.41) is 4.58. The van der Waals surface area contributed by atoms with Crippen molar-refractivity contribution in [1.29, 1.82) is 0 Å². The maximum absolute atomic E-state index is 12.5. The molecule has 1 N–H and O–H groups in total. The van der Waals surface area contributed by atoms with Crippen molar-refractivity contribution >= 4 is 57.2 Å². The van der Waals surface area contributed by atoms with E-state index in [2.05, 4.69) is 26.5 Å². The van der Waals surface area contributed by atoms with Crippen molar-refractivity contribution in [3.8, 4) is 5.75 Å². The van der Waals surface area contributed by atoms with Gasteiger partial charge in [0.15, 0.2) is 0 Å². The highest BCUT2D eigenvalue weighted by Crippen LogP contribution is 2.24. The molecule has 0 unspecified atom stereocenters. The molecule has 0 aromatic heterocycles. The van der Waals surface area contributed by atoms with Gasteiger partial charge in [-0.15, -0.1) is 0 Å². The van der Waals surface area contributed by atoms with Crippen LogP contribution in [0.15, 0.2) is 70.2 Å². The highest BCUT2D eigenvalue weighted by atomic mass is 79.9. The molecule has 0 aliphatic rings. The van der Waals surface area contributed by atoms with Gasteiger partial charge < -0.3 is 4.74 Å². The highest BCUT2D eigenvalue weighted by molar-refractivity contribution is 9.10. The standard InChI is InChI=1S/C22H15BrCl2N2O3/c1-13-4-2-3-5-17(13)22(29)30-20-9-7-16(23)10-15(20)12-26-27-21(28)14-6-8-18(24)19(25)11-14/h2-12H,1H3,(H,27,28)/b26-12+. The number of nitrogens with zero attached hydrogens (tertiary/aromatic N) is 1. The first kappa shape index (κ1) is 22.0. The third-order valence-corrected chi connectivity index (χ3v) is 5.32. The topological polar surface area (TPSA) is 67.8 Å². The summed E-state index contributed by atoms with van der Waals surface area (Å²) in [5.74, 6) is -0.637. The fourth-order valence-electron chi connectivity index (χ4n) is 2.53. The second-order valence-corrected chi connectivity index (χ2v) is 7.94. The summed E-state index contributed by atoms with van der Waals surface area (Å²) in [6.45, 7) is 1.83. The number of amides is 1. The minimum absolute atomic E-state index is 0.269. The molecule has 0 heterocycles. The number of carbonyl (C=O) groups excluding carboxylic acids is 2. The van der Waals surface area contributed by atoms with E-state index in [1.807, 2.05) is 19.1 Å². The van der Waals surface area contributed by atoms with Crippen LogP contribution in [0.4, 0.5) is 0 Å². The molecular formula is C22H15BrCl2N2O3. The molecule has 152 valence electrons. The molecule has 0 radical (unpaired) electrons. The van der Waals surface area contributed by atoms with Gasteiger partial charge in [-0.25, -0.2) is 10.2 Å². The first-order chi connectivity index (χ1) is 14.3. The number of hydrogen-bond donors (Lipinski definition) is 1. The molecule has 3 aromatic rings. The molecule has 0 spiro atoms. The van der Waals surface area contributed by atoms with E-state index in [4.69, 9.17) is 27.9 Å². The summed E-state index contributed by atoms with van der Waals surface area (Å²) in [6, 6.07) is 16.8. The van der Waals surface area contributed by atoms with Crippen molar-refractivity contribution in [2.45, 2.75) is 6.92 Å². The quantitative estimate of drug-likeness (QED) is 0.199. The second kappa shape index (κ2) is 9.89. The van der Waals surface area contributed by atoms with Crippen LogP contribution in [-0.2, 0) is 0 Å². The number of benzene rings is 3. The predicted molar refractivity (Wildman–Crippen MR) is 122 cm³/mol. The Hall–Kier alpha value is -2.67. The second-order valence-electron chi connectivity index (χ2n) is 6.21. The third kappa shape index (κ3) is 5.48. The SMILES string of the molecule is Cc1ccccc1C(=O)Oc1ccc(Br)cc1/C=N/NC(=O)c1ccc(Cl)c(Cl)c1. The van der Waals surface area contributed by atoms with E-state index in [1.54, 1.807) is 30.3 Å². The lowest BCUT2D eigenvalue weighted by Crippen LogP contribution is -2.17. The van der Waals surface area contributed by atoms with E-state index in [9.17, 15) is 9.59 Å². The molecule has 0 aliphatic carbocycles. The lowest BCUT2D eigenvalue weighted by atomic mass is 10.1. The molecule has 0 fully saturated rings. The zero-order valence-corrected chi connectivity index (χ0v) is 18.8. The van der Waals surface area contributed by atoms with Crippen LogP contribution in [0.2, 0.25) is 10.0 Å². The van der Waals surface area contributed by atoms with E-state index in [-0.39, 0.29) is 5.02 Å². The van der Waals surface area contributed by atoms with E-state index in [0.29, 0.717) is 27.5 Å². The van der Waals surface area contributed by atoms with Gasteiger partial charge >= 0.3 is 5.97 Å². The van der Waals surface area contributed by atoms with Gasteiger partial charge in [0.2, 0.25) is 0 Å².